The van der Waals surface area contributed by atoms with Crippen molar-refractivity contribution < 1.29 is 9.59 Å². The Morgan fingerprint density at radius 1 is 0.962 bits per heavy atom. The molecule has 0 radical (unpaired) electrons. The largest absolute Gasteiger partial charge is 0.339 e. The Morgan fingerprint density at radius 3 is 2.15 bits per heavy atom. The Labute approximate surface area is 155 Å². The third-order valence-corrected chi connectivity index (χ3v) is 6.25. The second kappa shape index (κ2) is 7.39. The molecular weight excluding hydrogens is 326 g/mol. The van der Waals surface area contributed by atoms with Crippen LogP contribution in [-0.2, 0) is 4.79 Å². The molecule has 2 unspecified atom stereocenters. The van der Waals surface area contributed by atoms with Crippen molar-refractivity contribution in [1.82, 2.24) is 15.1 Å². The number of amides is 2. The van der Waals surface area contributed by atoms with Gasteiger partial charge in [0.15, 0.2) is 0 Å². The highest BCUT2D eigenvalue weighted by Gasteiger charge is 2.35. The van der Waals surface area contributed by atoms with E-state index in [1.807, 2.05) is 41.0 Å². The third kappa shape index (κ3) is 3.78. The lowest BCUT2D eigenvalue weighted by molar-refractivity contribution is -0.134. The molecule has 0 aliphatic carbocycles. The standard InChI is InChI=1S/C21H29N3O2/c1-15-2-4-17(5-3-15)21(26)24-10-8-23(9-11-24)20(25)14-16-12-18-6-7-19(13-16)22-18/h2-5,16,18-19,22H,6-14H2,1H3. The molecule has 1 aromatic carbocycles. The van der Waals surface area contributed by atoms with Crippen LogP contribution in [0.2, 0.25) is 0 Å². The van der Waals surface area contributed by atoms with Gasteiger partial charge in [0.05, 0.1) is 0 Å². The van der Waals surface area contributed by atoms with Crippen molar-refractivity contribution in [3.05, 3.63) is 35.4 Å². The Morgan fingerprint density at radius 2 is 1.54 bits per heavy atom. The smallest absolute Gasteiger partial charge is 0.253 e. The average Bonchev–Trinajstić information content (AvgIpc) is 3.00. The molecule has 2 bridgehead atoms. The summed E-state index contributed by atoms with van der Waals surface area (Å²) in [7, 11) is 0. The number of piperidine rings is 1. The molecule has 3 aliphatic rings. The van der Waals surface area contributed by atoms with E-state index < -0.39 is 0 Å². The highest BCUT2D eigenvalue weighted by Crippen LogP contribution is 2.33. The van der Waals surface area contributed by atoms with Gasteiger partial charge in [0, 0.05) is 50.2 Å². The number of carbonyl (C=O) groups is 2. The summed E-state index contributed by atoms with van der Waals surface area (Å²) in [6.45, 7) is 4.61. The van der Waals surface area contributed by atoms with E-state index in [4.69, 9.17) is 0 Å². The van der Waals surface area contributed by atoms with Crippen molar-refractivity contribution in [2.45, 2.75) is 51.1 Å². The number of hydrogen-bond acceptors (Lipinski definition) is 3. The van der Waals surface area contributed by atoms with Crippen LogP contribution in [0.25, 0.3) is 0 Å². The number of benzene rings is 1. The van der Waals surface area contributed by atoms with Gasteiger partial charge in [0.25, 0.3) is 5.91 Å². The fraction of sp³-hybridized carbons (Fsp3) is 0.619. The van der Waals surface area contributed by atoms with E-state index >= 15 is 0 Å². The van der Waals surface area contributed by atoms with Gasteiger partial charge < -0.3 is 15.1 Å². The first kappa shape index (κ1) is 17.5. The molecule has 140 valence electrons. The van der Waals surface area contributed by atoms with Gasteiger partial charge in [-0.25, -0.2) is 0 Å². The fourth-order valence-corrected chi connectivity index (χ4v) is 4.76. The quantitative estimate of drug-likeness (QED) is 0.904. The number of hydrogen-bond donors (Lipinski definition) is 1. The van der Waals surface area contributed by atoms with E-state index in [-0.39, 0.29) is 11.8 Å². The Hall–Kier alpha value is -1.88. The Kier molecular flexibility index (Phi) is 4.98. The first-order valence-electron chi connectivity index (χ1n) is 9.98. The fourth-order valence-electron chi connectivity index (χ4n) is 4.76. The van der Waals surface area contributed by atoms with Crippen LogP contribution in [0.4, 0.5) is 0 Å². The van der Waals surface area contributed by atoms with Gasteiger partial charge in [0.2, 0.25) is 5.91 Å². The lowest BCUT2D eigenvalue weighted by Crippen LogP contribution is -2.51. The highest BCUT2D eigenvalue weighted by atomic mass is 16.2. The zero-order valence-corrected chi connectivity index (χ0v) is 15.6. The monoisotopic (exact) mass is 355 g/mol. The zero-order valence-electron chi connectivity index (χ0n) is 15.6. The number of nitrogens with zero attached hydrogens (tertiary/aromatic N) is 2. The zero-order chi connectivity index (χ0) is 18.1. The van der Waals surface area contributed by atoms with Crippen molar-refractivity contribution in [3.63, 3.8) is 0 Å². The van der Waals surface area contributed by atoms with E-state index in [1.165, 1.54) is 12.8 Å². The van der Waals surface area contributed by atoms with Crippen molar-refractivity contribution in [1.29, 1.82) is 0 Å². The van der Waals surface area contributed by atoms with Crippen LogP contribution in [0.5, 0.6) is 0 Å². The molecular formula is C21H29N3O2. The first-order valence-corrected chi connectivity index (χ1v) is 9.98. The van der Waals surface area contributed by atoms with Crippen LogP contribution in [0.1, 0.15) is 48.0 Å². The van der Waals surface area contributed by atoms with Gasteiger partial charge in [-0.15, -0.1) is 0 Å². The second-order valence-electron chi connectivity index (χ2n) is 8.22. The van der Waals surface area contributed by atoms with Crippen LogP contribution in [0, 0.1) is 12.8 Å². The Bertz CT molecular complexity index is 652. The number of nitrogens with one attached hydrogen (secondary N) is 1. The van der Waals surface area contributed by atoms with Crippen LogP contribution in [0.15, 0.2) is 24.3 Å². The minimum Gasteiger partial charge on any atom is -0.339 e. The third-order valence-electron chi connectivity index (χ3n) is 6.25. The summed E-state index contributed by atoms with van der Waals surface area (Å²) in [5, 5.41) is 3.64. The molecule has 3 saturated heterocycles. The van der Waals surface area contributed by atoms with E-state index in [0.29, 0.717) is 50.6 Å². The normalized spacial score (nSPS) is 28.3. The predicted octanol–water partition coefficient (Wildman–Crippen LogP) is 2.20. The number of rotatable bonds is 3. The Balaban J connectivity index is 1.27. The number of carbonyl (C=O) groups excluding carboxylic acids is 2. The SMILES string of the molecule is Cc1ccc(C(=O)N2CCN(C(=O)CC3CC4CCC(C3)N4)CC2)cc1. The summed E-state index contributed by atoms with van der Waals surface area (Å²) >= 11 is 0. The van der Waals surface area contributed by atoms with E-state index in [2.05, 4.69) is 5.32 Å². The molecule has 1 aromatic rings. The molecule has 4 rings (SSSR count). The maximum Gasteiger partial charge on any atom is 0.253 e. The van der Waals surface area contributed by atoms with Crippen LogP contribution < -0.4 is 5.32 Å². The minimum absolute atomic E-state index is 0.0760. The highest BCUT2D eigenvalue weighted by molar-refractivity contribution is 5.94. The lowest BCUT2D eigenvalue weighted by Gasteiger charge is -2.36. The minimum atomic E-state index is 0.0760. The van der Waals surface area contributed by atoms with E-state index in [0.717, 1.165) is 24.0 Å². The van der Waals surface area contributed by atoms with Crippen LogP contribution in [0.3, 0.4) is 0 Å². The lowest BCUT2D eigenvalue weighted by atomic mass is 9.89. The van der Waals surface area contributed by atoms with Gasteiger partial charge >= 0.3 is 0 Å². The van der Waals surface area contributed by atoms with Crippen molar-refractivity contribution >= 4 is 11.8 Å². The number of aryl methyl sites for hydroxylation is 1. The summed E-state index contributed by atoms with van der Waals surface area (Å²) in [6.07, 6.45) is 5.52. The number of fused-ring (bicyclic) bond motifs is 2. The van der Waals surface area contributed by atoms with E-state index in [1.54, 1.807) is 0 Å². The molecule has 0 saturated carbocycles. The van der Waals surface area contributed by atoms with Gasteiger partial charge in [-0.3, -0.25) is 9.59 Å². The molecule has 5 nitrogen and oxygen atoms in total. The molecule has 3 fully saturated rings. The molecule has 5 heteroatoms. The topological polar surface area (TPSA) is 52.7 Å². The molecule has 26 heavy (non-hydrogen) atoms. The summed E-state index contributed by atoms with van der Waals surface area (Å²) < 4.78 is 0. The molecule has 2 atom stereocenters. The maximum atomic E-state index is 12.7. The van der Waals surface area contributed by atoms with Gasteiger partial charge in [-0.05, 0) is 50.7 Å². The molecule has 1 N–H and O–H groups in total. The van der Waals surface area contributed by atoms with Crippen molar-refractivity contribution in [3.8, 4) is 0 Å². The summed E-state index contributed by atoms with van der Waals surface area (Å²) in [6, 6.07) is 8.99. The molecule has 2 amide bonds. The number of piperazine rings is 1. The molecule has 0 aromatic heterocycles. The molecule has 3 heterocycles. The summed E-state index contributed by atoms with van der Waals surface area (Å²) in [5.41, 5.74) is 1.89. The second-order valence-corrected chi connectivity index (χ2v) is 8.22. The molecule has 3 aliphatic heterocycles. The van der Waals surface area contributed by atoms with Crippen molar-refractivity contribution in [2.24, 2.45) is 5.92 Å². The van der Waals surface area contributed by atoms with Gasteiger partial charge in [-0.1, -0.05) is 17.7 Å². The van der Waals surface area contributed by atoms with Crippen LogP contribution in [-0.4, -0.2) is 59.9 Å². The average molecular weight is 355 g/mol. The first-order chi connectivity index (χ1) is 12.6. The summed E-state index contributed by atoms with van der Waals surface area (Å²) in [5.74, 6) is 0.888. The summed E-state index contributed by atoms with van der Waals surface area (Å²) in [4.78, 5) is 29.1. The van der Waals surface area contributed by atoms with E-state index in [9.17, 15) is 9.59 Å². The van der Waals surface area contributed by atoms with Crippen LogP contribution >= 0.6 is 0 Å². The van der Waals surface area contributed by atoms with Crippen molar-refractivity contribution in [2.75, 3.05) is 26.2 Å². The maximum absolute atomic E-state index is 12.7. The van der Waals surface area contributed by atoms with Gasteiger partial charge in [-0.2, -0.15) is 0 Å². The predicted molar refractivity (Wildman–Crippen MR) is 101 cm³/mol. The molecule has 0 spiro atoms. The van der Waals surface area contributed by atoms with Gasteiger partial charge in [0.1, 0.15) is 0 Å².